The molecule has 1 nitrogen and oxygen atoms in total. The van der Waals surface area contributed by atoms with Gasteiger partial charge in [0.2, 0.25) is 0 Å². The SMILES string of the molecule is c1ccc(-c2ccc(-c3ccc(-c4ccc(-c5ccc6ccc7cccc8ccc5c6c78)c5c4oc4c6ccccc6ccc45)cc3)c3ccccc23)cc1. The first-order chi connectivity index (χ1) is 27.3. The van der Waals surface area contributed by atoms with Crippen molar-refractivity contribution in [1.29, 1.82) is 0 Å². The van der Waals surface area contributed by atoms with Gasteiger partial charge >= 0.3 is 0 Å². The Hall–Kier alpha value is -7.22. The van der Waals surface area contributed by atoms with Gasteiger partial charge in [-0.3, -0.25) is 0 Å². The number of furan rings is 1. The molecule has 12 rings (SSSR count). The van der Waals surface area contributed by atoms with Crippen LogP contribution in [-0.4, -0.2) is 0 Å². The zero-order valence-electron chi connectivity index (χ0n) is 29.9. The Balaban J connectivity index is 1.06. The van der Waals surface area contributed by atoms with Crippen LogP contribution >= 0.6 is 0 Å². The maximum atomic E-state index is 7.07. The van der Waals surface area contributed by atoms with Crippen LogP contribution in [0.25, 0.3) is 120 Å². The molecule has 0 saturated heterocycles. The molecule has 0 atom stereocenters. The zero-order valence-corrected chi connectivity index (χ0v) is 29.9. The highest BCUT2D eigenvalue weighted by molar-refractivity contribution is 6.28. The molecule has 0 radical (unpaired) electrons. The van der Waals surface area contributed by atoms with E-state index >= 15 is 0 Å². The first-order valence-electron chi connectivity index (χ1n) is 19.0. The normalized spacial score (nSPS) is 12.0. The van der Waals surface area contributed by atoms with Crippen LogP contribution in [0.15, 0.2) is 199 Å². The molecule has 11 aromatic carbocycles. The third kappa shape index (κ3) is 4.48. The van der Waals surface area contributed by atoms with Crippen molar-refractivity contribution >= 4 is 75.8 Å². The molecule has 0 aliphatic heterocycles. The second-order valence-electron chi connectivity index (χ2n) is 14.7. The van der Waals surface area contributed by atoms with Crippen LogP contribution in [0, 0.1) is 0 Å². The molecule has 55 heavy (non-hydrogen) atoms. The summed E-state index contributed by atoms with van der Waals surface area (Å²) in [4.78, 5) is 0. The fraction of sp³-hybridized carbons (Fsp3) is 0. The van der Waals surface area contributed by atoms with E-state index in [1.54, 1.807) is 0 Å². The van der Waals surface area contributed by atoms with Gasteiger partial charge < -0.3 is 4.42 Å². The van der Waals surface area contributed by atoms with Crippen molar-refractivity contribution in [2.45, 2.75) is 0 Å². The molecule has 0 amide bonds. The average molecular weight is 697 g/mol. The molecule has 0 aliphatic carbocycles. The maximum absolute atomic E-state index is 7.07. The predicted octanol–water partition coefficient (Wildman–Crippen LogP) is 15.5. The van der Waals surface area contributed by atoms with Crippen LogP contribution in [0.4, 0.5) is 0 Å². The Morgan fingerprint density at radius 3 is 1.45 bits per heavy atom. The number of hydrogen-bond donors (Lipinski definition) is 0. The van der Waals surface area contributed by atoms with Gasteiger partial charge in [-0.1, -0.05) is 182 Å². The van der Waals surface area contributed by atoms with Gasteiger partial charge in [-0.15, -0.1) is 0 Å². The lowest BCUT2D eigenvalue weighted by molar-refractivity contribution is 0.674. The van der Waals surface area contributed by atoms with E-state index in [0.717, 1.165) is 38.5 Å². The van der Waals surface area contributed by atoms with Crippen LogP contribution < -0.4 is 0 Å². The van der Waals surface area contributed by atoms with Crippen molar-refractivity contribution < 1.29 is 4.42 Å². The summed E-state index contributed by atoms with van der Waals surface area (Å²) < 4.78 is 7.07. The molecule has 0 fully saturated rings. The summed E-state index contributed by atoms with van der Waals surface area (Å²) in [5.74, 6) is 0. The third-order valence-corrected chi connectivity index (χ3v) is 11.8. The van der Waals surface area contributed by atoms with Crippen molar-refractivity contribution in [2.75, 3.05) is 0 Å². The zero-order chi connectivity index (χ0) is 36.0. The van der Waals surface area contributed by atoms with Crippen LogP contribution in [0.3, 0.4) is 0 Å². The van der Waals surface area contributed by atoms with Crippen molar-refractivity contribution in [1.82, 2.24) is 0 Å². The Bertz CT molecular complexity index is 3440. The van der Waals surface area contributed by atoms with Crippen LogP contribution in [-0.2, 0) is 0 Å². The summed E-state index contributed by atoms with van der Waals surface area (Å²) in [5, 5.41) is 14.8. The smallest absolute Gasteiger partial charge is 0.143 e. The summed E-state index contributed by atoms with van der Waals surface area (Å²) in [7, 11) is 0. The molecule has 12 aromatic rings. The van der Waals surface area contributed by atoms with Gasteiger partial charge in [0.05, 0.1) is 0 Å². The van der Waals surface area contributed by atoms with Gasteiger partial charge in [-0.25, -0.2) is 0 Å². The first-order valence-corrected chi connectivity index (χ1v) is 19.0. The number of hydrogen-bond acceptors (Lipinski definition) is 1. The highest BCUT2D eigenvalue weighted by atomic mass is 16.3. The van der Waals surface area contributed by atoms with E-state index in [-0.39, 0.29) is 0 Å². The van der Waals surface area contributed by atoms with Gasteiger partial charge in [0.15, 0.2) is 0 Å². The fourth-order valence-electron chi connectivity index (χ4n) is 9.28. The molecule has 0 aliphatic rings. The molecule has 1 heterocycles. The molecule has 0 N–H and O–H groups in total. The van der Waals surface area contributed by atoms with E-state index in [1.807, 2.05) is 0 Å². The van der Waals surface area contributed by atoms with Gasteiger partial charge in [0.1, 0.15) is 11.2 Å². The maximum Gasteiger partial charge on any atom is 0.143 e. The first kappa shape index (κ1) is 30.3. The van der Waals surface area contributed by atoms with Crippen LogP contribution in [0.2, 0.25) is 0 Å². The molecule has 0 bridgehead atoms. The minimum atomic E-state index is 0.917. The molecule has 1 aromatic heterocycles. The van der Waals surface area contributed by atoms with E-state index in [2.05, 4.69) is 194 Å². The summed E-state index contributed by atoms with van der Waals surface area (Å²) in [6.07, 6.45) is 0. The minimum absolute atomic E-state index is 0.917. The van der Waals surface area contributed by atoms with E-state index in [1.165, 1.54) is 81.9 Å². The second-order valence-corrected chi connectivity index (χ2v) is 14.7. The van der Waals surface area contributed by atoms with Gasteiger partial charge in [0, 0.05) is 21.7 Å². The summed E-state index contributed by atoms with van der Waals surface area (Å²) >= 11 is 0. The van der Waals surface area contributed by atoms with E-state index in [9.17, 15) is 0 Å². The van der Waals surface area contributed by atoms with Gasteiger partial charge in [-0.2, -0.15) is 0 Å². The highest BCUT2D eigenvalue weighted by Gasteiger charge is 2.21. The van der Waals surface area contributed by atoms with E-state index in [0.29, 0.717) is 0 Å². The van der Waals surface area contributed by atoms with E-state index in [4.69, 9.17) is 4.42 Å². The molecule has 1 heteroatoms. The lowest BCUT2D eigenvalue weighted by Crippen LogP contribution is -1.89. The fourth-order valence-corrected chi connectivity index (χ4v) is 9.28. The molecule has 0 spiro atoms. The van der Waals surface area contributed by atoms with Crippen molar-refractivity contribution in [3.8, 4) is 44.5 Å². The predicted molar refractivity (Wildman–Crippen MR) is 234 cm³/mol. The number of fused-ring (bicyclic) bond motifs is 6. The third-order valence-electron chi connectivity index (χ3n) is 11.8. The number of benzene rings is 11. The topological polar surface area (TPSA) is 13.1 Å². The lowest BCUT2D eigenvalue weighted by Gasteiger charge is -2.15. The Morgan fingerprint density at radius 2 is 0.709 bits per heavy atom. The van der Waals surface area contributed by atoms with Crippen LogP contribution in [0.1, 0.15) is 0 Å². The highest BCUT2D eigenvalue weighted by Crippen LogP contribution is 2.47. The largest absolute Gasteiger partial charge is 0.455 e. The monoisotopic (exact) mass is 696 g/mol. The molecular weight excluding hydrogens is 665 g/mol. The van der Waals surface area contributed by atoms with Gasteiger partial charge in [-0.05, 0) is 99.6 Å². The average Bonchev–Trinajstić information content (AvgIpc) is 3.66. The Labute approximate surface area is 317 Å². The summed E-state index contributed by atoms with van der Waals surface area (Å²) in [5.41, 5.74) is 11.4. The molecule has 0 unspecified atom stereocenters. The Kier molecular flexibility index (Phi) is 6.40. The minimum Gasteiger partial charge on any atom is -0.455 e. The standard InChI is InChI=1S/C54H32O/c1-2-9-33(10-3-1)40-29-30-41(45-16-7-6-15-44(40)45)35-17-19-36(20-18-35)43-31-32-48(52-49-28-23-34-11-4-5-14-42(34)53(49)55-54(43)52)46-26-24-39-22-21-37-12-8-13-38-25-27-47(46)51(39)50(37)38/h1-32H. The summed E-state index contributed by atoms with van der Waals surface area (Å²) in [6, 6.07) is 70.9. The quantitative estimate of drug-likeness (QED) is 0.167. The molecular formula is C54H32O. The second kappa shape index (κ2) is 11.6. The lowest BCUT2D eigenvalue weighted by atomic mass is 9.87. The molecule has 0 saturated carbocycles. The molecule has 254 valence electrons. The number of rotatable bonds is 4. The Morgan fingerprint density at radius 1 is 0.218 bits per heavy atom. The van der Waals surface area contributed by atoms with Crippen LogP contribution in [0.5, 0.6) is 0 Å². The van der Waals surface area contributed by atoms with E-state index < -0.39 is 0 Å². The van der Waals surface area contributed by atoms with Crippen molar-refractivity contribution in [3.05, 3.63) is 194 Å². The van der Waals surface area contributed by atoms with Crippen molar-refractivity contribution in [3.63, 3.8) is 0 Å². The van der Waals surface area contributed by atoms with Crippen molar-refractivity contribution in [2.24, 2.45) is 0 Å². The summed E-state index contributed by atoms with van der Waals surface area (Å²) in [6.45, 7) is 0. The van der Waals surface area contributed by atoms with Gasteiger partial charge in [0.25, 0.3) is 0 Å².